The lowest BCUT2D eigenvalue weighted by molar-refractivity contribution is -0.0628. The van der Waals surface area contributed by atoms with E-state index >= 15 is 0 Å². The largest absolute Gasteiger partial charge is 0.392 e. The number of nitrogens with zero attached hydrogens (tertiary/aromatic N) is 1. The number of hydrogen-bond acceptors (Lipinski definition) is 2. The molecule has 14 heavy (non-hydrogen) atoms. The molecule has 84 valence electrons. The maximum atomic E-state index is 10.00. The number of likely N-dealkylation sites (tertiary alicyclic amines) is 1. The zero-order valence-corrected chi connectivity index (χ0v) is 10.1. The molecular weight excluding hydrogens is 174 g/mol. The van der Waals surface area contributed by atoms with E-state index in [0.717, 1.165) is 13.0 Å². The van der Waals surface area contributed by atoms with Crippen molar-refractivity contribution in [3.05, 3.63) is 0 Å². The van der Waals surface area contributed by atoms with Gasteiger partial charge in [-0.25, -0.2) is 0 Å². The summed E-state index contributed by atoms with van der Waals surface area (Å²) in [6.07, 6.45) is 4.53. The second-order valence-electron chi connectivity index (χ2n) is 5.26. The molecule has 1 aliphatic rings. The van der Waals surface area contributed by atoms with Crippen LogP contribution < -0.4 is 0 Å². The van der Waals surface area contributed by atoms with Gasteiger partial charge in [-0.1, -0.05) is 33.6 Å². The van der Waals surface area contributed by atoms with Crippen LogP contribution in [0.25, 0.3) is 0 Å². The van der Waals surface area contributed by atoms with Crippen molar-refractivity contribution in [3.63, 3.8) is 0 Å². The highest BCUT2D eigenvalue weighted by atomic mass is 16.3. The Morgan fingerprint density at radius 3 is 2.64 bits per heavy atom. The molecule has 0 spiro atoms. The summed E-state index contributed by atoms with van der Waals surface area (Å²) in [6.45, 7) is 7.67. The smallest absolute Gasteiger partial charge is 0.0618 e. The first-order valence-corrected chi connectivity index (χ1v) is 5.88. The van der Waals surface area contributed by atoms with Crippen molar-refractivity contribution in [2.75, 3.05) is 13.6 Å². The fraction of sp³-hybridized carbons (Fsp3) is 1.00. The summed E-state index contributed by atoms with van der Waals surface area (Å²) in [5.41, 5.74) is 0.0577. The van der Waals surface area contributed by atoms with Crippen LogP contribution in [0, 0.1) is 5.41 Å². The van der Waals surface area contributed by atoms with Crippen LogP contribution in [0.2, 0.25) is 0 Å². The Bertz CT molecular complexity index is 179. The molecule has 0 aromatic carbocycles. The van der Waals surface area contributed by atoms with Crippen molar-refractivity contribution in [3.8, 4) is 0 Å². The van der Waals surface area contributed by atoms with Crippen molar-refractivity contribution in [1.29, 1.82) is 0 Å². The fourth-order valence-corrected chi connectivity index (χ4v) is 2.63. The van der Waals surface area contributed by atoms with Crippen molar-refractivity contribution in [2.24, 2.45) is 5.41 Å². The van der Waals surface area contributed by atoms with Crippen LogP contribution in [-0.2, 0) is 0 Å². The number of aliphatic hydroxyl groups excluding tert-OH is 1. The van der Waals surface area contributed by atoms with Gasteiger partial charge in [0.15, 0.2) is 0 Å². The molecule has 0 radical (unpaired) electrons. The van der Waals surface area contributed by atoms with E-state index in [9.17, 15) is 5.11 Å². The van der Waals surface area contributed by atoms with Crippen LogP contribution in [0.1, 0.15) is 46.5 Å². The molecule has 1 heterocycles. The van der Waals surface area contributed by atoms with Crippen LogP contribution in [0.5, 0.6) is 0 Å². The molecule has 0 amide bonds. The molecule has 2 atom stereocenters. The van der Waals surface area contributed by atoms with E-state index in [1.54, 1.807) is 0 Å². The third-order valence-corrected chi connectivity index (χ3v) is 3.84. The number of rotatable bonds is 3. The summed E-state index contributed by atoms with van der Waals surface area (Å²) in [6, 6.07) is 0.547. The highest BCUT2D eigenvalue weighted by Gasteiger charge is 2.41. The summed E-state index contributed by atoms with van der Waals surface area (Å²) in [5, 5.41) is 10.00. The summed E-state index contributed by atoms with van der Waals surface area (Å²) in [7, 11) is 2.19. The third kappa shape index (κ3) is 2.29. The molecule has 0 aromatic rings. The van der Waals surface area contributed by atoms with Crippen molar-refractivity contribution in [1.82, 2.24) is 4.90 Å². The lowest BCUT2D eigenvalue weighted by Crippen LogP contribution is -2.54. The van der Waals surface area contributed by atoms with Crippen LogP contribution in [0.3, 0.4) is 0 Å². The first-order valence-electron chi connectivity index (χ1n) is 5.88. The minimum atomic E-state index is -0.124. The van der Waals surface area contributed by atoms with E-state index in [1.807, 2.05) is 0 Å². The van der Waals surface area contributed by atoms with Gasteiger partial charge in [-0.15, -0.1) is 0 Å². The first-order chi connectivity index (χ1) is 6.50. The van der Waals surface area contributed by atoms with Crippen molar-refractivity contribution >= 4 is 0 Å². The van der Waals surface area contributed by atoms with Gasteiger partial charge in [0.05, 0.1) is 6.10 Å². The van der Waals surface area contributed by atoms with Gasteiger partial charge < -0.3 is 10.0 Å². The van der Waals surface area contributed by atoms with E-state index in [-0.39, 0.29) is 11.5 Å². The zero-order chi connectivity index (χ0) is 10.8. The average molecular weight is 199 g/mol. The third-order valence-electron chi connectivity index (χ3n) is 3.84. The van der Waals surface area contributed by atoms with Gasteiger partial charge in [0.1, 0.15) is 0 Å². The summed E-state index contributed by atoms with van der Waals surface area (Å²) < 4.78 is 0. The second-order valence-corrected chi connectivity index (χ2v) is 5.26. The number of piperidine rings is 1. The molecule has 1 aliphatic heterocycles. The molecule has 1 rings (SSSR count). The monoisotopic (exact) mass is 199 g/mol. The molecule has 2 heteroatoms. The van der Waals surface area contributed by atoms with Gasteiger partial charge in [0, 0.05) is 18.0 Å². The molecule has 0 aliphatic carbocycles. The summed E-state index contributed by atoms with van der Waals surface area (Å²) in [4.78, 5) is 2.42. The van der Waals surface area contributed by atoms with Gasteiger partial charge in [0.25, 0.3) is 0 Å². The van der Waals surface area contributed by atoms with Crippen LogP contribution >= 0.6 is 0 Å². The topological polar surface area (TPSA) is 23.5 Å². The van der Waals surface area contributed by atoms with E-state index in [0.29, 0.717) is 6.04 Å². The predicted molar refractivity (Wildman–Crippen MR) is 60.3 cm³/mol. The van der Waals surface area contributed by atoms with Crippen molar-refractivity contribution < 1.29 is 5.11 Å². The lowest BCUT2D eigenvalue weighted by atomic mass is 9.72. The molecule has 0 saturated carbocycles. The lowest BCUT2D eigenvalue weighted by Gasteiger charge is -2.48. The van der Waals surface area contributed by atoms with Gasteiger partial charge in [-0.3, -0.25) is 0 Å². The number of unbranched alkanes of at least 4 members (excludes halogenated alkanes) is 1. The van der Waals surface area contributed by atoms with E-state index in [2.05, 4.69) is 32.7 Å². The molecule has 1 saturated heterocycles. The Labute approximate surface area is 88.3 Å². The SMILES string of the molecule is CCCC[C@@H]1N(C)CC[C@H](O)C1(C)C. The minimum Gasteiger partial charge on any atom is -0.392 e. The van der Waals surface area contributed by atoms with E-state index in [4.69, 9.17) is 0 Å². The molecule has 0 bridgehead atoms. The molecule has 1 fully saturated rings. The Hall–Kier alpha value is -0.0800. The van der Waals surface area contributed by atoms with Gasteiger partial charge >= 0.3 is 0 Å². The minimum absolute atomic E-state index is 0.0577. The normalized spacial score (nSPS) is 33.2. The summed E-state index contributed by atoms with van der Waals surface area (Å²) in [5.74, 6) is 0. The maximum absolute atomic E-state index is 10.00. The predicted octanol–water partition coefficient (Wildman–Crippen LogP) is 2.27. The first kappa shape index (κ1) is 12.0. The zero-order valence-electron chi connectivity index (χ0n) is 10.1. The fourth-order valence-electron chi connectivity index (χ4n) is 2.63. The standard InChI is InChI=1S/C12H25NO/c1-5-6-7-10-12(2,3)11(14)8-9-13(10)4/h10-11,14H,5-9H2,1-4H3/t10-,11-/m0/s1. The van der Waals surface area contributed by atoms with Gasteiger partial charge in [-0.2, -0.15) is 0 Å². The van der Waals surface area contributed by atoms with Crippen LogP contribution in [-0.4, -0.2) is 35.7 Å². The number of hydrogen-bond donors (Lipinski definition) is 1. The van der Waals surface area contributed by atoms with Gasteiger partial charge in [-0.05, 0) is 19.9 Å². The van der Waals surface area contributed by atoms with Gasteiger partial charge in [0.2, 0.25) is 0 Å². The molecule has 1 N–H and O–H groups in total. The Kier molecular flexibility index (Phi) is 3.96. The molecular formula is C12H25NO. The highest BCUT2D eigenvalue weighted by Crippen LogP contribution is 2.37. The molecule has 0 unspecified atom stereocenters. The number of aliphatic hydroxyl groups is 1. The Morgan fingerprint density at radius 1 is 1.43 bits per heavy atom. The second kappa shape index (κ2) is 4.63. The average Bonchev–Trinajstić information content (AvgIpc) is 2.12. The van der Waals surface area contributed by atoms with E-state index in [1.165, 1.54) is 19.3 Å². The Balaban J connectivity index is 2.65. The van der Waals surface area contributed by atoms with Crippen molar-refractivity contribution in [2.45, 2.75) is 58.6 Å². The maximum Gasteiger partial charge on any atom is 0.0618 e. The molecule has 2 nitrogen and oxygen atoms in total. The van der Waals surface area contributed by atoms with E-state index < -0.39 is 0 Å². The quantitative estimate of drug-likeness (QED) is 0.753. The summed E-state index contributed by atoms with van der Waals surface area (Å²) >= 11 is 0. The van der Waals surface area contributed by atoms with Crippen LogP contribution in [0.4, 0.5) is 0 Å². The molecule has 0 aromatic heterocycles. The van der Waals surface area contributed by atoms with Crippen LogP contribution in [0.15, 0.2) is 0 Å². The highest BCUT2D eigenvalue weighted by molar-refractivity contribution is 4.94. The Morgan fingerprint density at radius 2 is 2.07 bits per heavy atom.